The number of aromatic hydroxyl groups is 1. The van der Waals surface area contributed by atoms with E-state index in [4.69, 9.17) is 5.11 Å². The number of halogens is 1. The lowest BCUT2D eigenvalue weighted by molar-refractivity contribution is 0.428. The van der Waals surface area contributed by atoms with E-state index in [1.54, 1.807) is 19.1 Å². The molecule has 0 aromatic heterocycles. The third-order valence-corrected chi connectivity index (χ3v) is 1.64. The third-order valence-electron chi connectivity index (χ3n) is 1.64. The number of hydrogen-bond donors (Lipinski definition) is 1. The monoisotopic (exact) mass is 152 g/mol. The topological polar surface area (TPSA) is 20.2 Å². The van der Waals surface area contributed by atoms with E-state index in [1.165, 1.54) is 6.07 Å². The smallest absolute Gasteiger partial charge is 0.165 e. The fourth-order valence-electron chi connectivity index (χ4n) is 0.904. The number of phenols is 1. The van der Waals surface area contributed by atoms with E-state index < -0.39 is 5.82 Å². The highest BCUT2D eigenvalue weighted by molar-refractivity contribution is 5.55. The van der Waals surface area contributed by atoms with Crippen molar-refractivity contribution >= 4 is 6.08 Å². The van der Waals surface area contributed by atoms with Crippen LogP contribution >= 0.6 is 0 Å². The number of benzene rings is 1. The molecule has 0 saturated carbocycles. The van der Waals surface area contributed by atoms with E-state index in [9.17, 15) is 4.39 Å². The first kappa shape index (κ1) is 7.79. The van der Waals surface area contributed by atoms with E-state index in [2.05, 4.69) is 6.58 Å². The van der Waals surface area contributed by atoms with Crippen molar-refractivity contribution < 1.29 is 9.50 Å². The molecule has 0 saturated heterocycles. The first-order chi connectivity index (χ1) is 5.16. The van der Waals surface area contributed by atoms with Crippen molar-refractivity contribution in [2.24, 2.45) is 0 Å². The molecule has 0 heterocycles. The Balaban J connectivity index is 3.36. The van der Waals surface area contributed by atoms with Gasteiger partial charge in [0.2, 0.25) is 0 Å². The SMILES string of the molecule is C=Cc1ccc(F)c(O)c1C. The predicted molar refractivity (Wildman–Crippen MR) is 42.9 cm³/mol. The van der Waals surface area contributed by atoms with Crippen LogP contribution in [-0.2, 0) is 0 Å². The van der Waals surface area contributed by atoms with Crippen LogP contribution in [0.1, 0.15) is 11.1 Å². The van der Waals surface area contributed by atoms with E-state index in [0.717, 1.165) is 5.56 Å². The summed E-state index contributed by atoms with van der Waals surface area (Å²) in [5, 5.41) is 9.10. The highest BCUT2D eigenvalue weighted by Crippen LogP contribution is 2.23. The molecule has 0 fully saturated rings. The molecule has 0 unspecified atom stereocenters. The van der Waals surface area contributed by atoms with Crippen LogP contribution < -0.4 is 0 Å². The van der Waals surface area contributed by atoms with E-state index in [-0.39, 0.29) is 5.75 Å². The Morgan fingerprint density at radius 1 is 1.55 bits per heavy atom. The zero-order valence-electron chi connectivity index (χ0n) is 6.26. The Kier molecular flexibility index (Phi) is 1.94. The molecular formula is C9H9FO. The fourth-order valence-corrected chi connectivity index (χ4v) is 0.904. The Morgan fingerprint density at radius 2 is 2.18 bits per heavy atom. The third kappa shape index (κ3) is 1.24. The van der Waals surface area contributed by atoms with Crippen LogP contribution in [0.15, 0.2) is 18.7 Å². The molecule has 1 aromatic carbocycles. The van der Waals surface area contributed by atoms with Crippen molar-refractivity contribution in [2.45, 2.75) is 6.92 Å². The molecule has 11 heavy (non-hydrogen) atoms. The lowest BCUT2D eigenvalue weighted by atomic mass is 10.1. The van der Waals surface area contributed by atoms with Gasteiger partial charge < -0.3 is 5.11 Å². The van der Waals surface area contributed by atoms with Gasteiger partial charge >= 0.3 is 0 Å². The van der Waals surface area contributed by atoms with Gasteiger partial charge in [0.15, 0.2) is 11.6 Å². The number of rotatable bonds is 1. The Bertz CT molecular complexity index is 292. The van der Waals surface area contributed by atoms with E-state index in [0.29, 0.717) is 5.56 Å². The fraction of sp³-hybridized carbons (Fsp3) is 0.111. The van der Waals surface area contributed by atoms with Crippen LogP contribution in [0, 0.1) is 12.7 Å². The molecule has 0 spiro atoms. The summed E-state index contributed by atoms with van der Waals surface area (Å²) in [6, 6.07) is 2.80. The second kappa shape index (κ2) is 2.74. The van der Waals surface area contributed by atoms with Gasteiger partial charge in [0, 0.05) is 5.56 Å². The molecule has 0 aliphatic carbocycles. The average molecular weight is 152 g/mol. The van der Waals surface area contributed by atoms with E-state index in [1.807, 2.05) is 0 Å². The lowest BCUT2D eigenvalue weighted by Gasteiger charge is -2.02. The molecule has 58 valence electrons. The van der Waals surface area contributed by atoms with Crippen LogP contribution in [0.3, 0.4) is 0 Å². The molecule has 0 radical (unpaired) electrons. The Hall–Kier alpha value is -1.31. The molecule has 1 aromatic rings. The first-order valence-electron chi connectivity index (χ1n) is 3.27. The van der Waals surface area contributed by atoms with Crippen molar-refractivity contribution in [3.05, 3.63) is 35.7 Å². The summed E-state index contributed by atoms with van der Waals surface area (Å²) in [6.07, 6.45) is 1.58. The van der Waals surface area contributed by atoms with Gasteiger partial charge in [0.25, 0.3) is 0 Å². The van der Waals surface area contributed by atoms with Crippen LogP contribution in [-0.4, -0.2) is 5.11 Å². The van der Waals surface area contributed by atoms with Gasteiger partial charge in [-0.3, -0.25) is 0 Å². The van der Waals surface area contributed by atoms with Crippen LogP contribution in [0.2, 0.25) is 0 Å². The zero-order chi connectivity index (χ0) is 8.43. The second-order valence-corrected chi connectivity index (χ2v) is 2.31. The lowest BCUT2D eigenvalue weighted by Crippen LogP contribution is -1.84. The van der Waals surface area contributed by atoms with Crippen LogP contribution in [0.4, 0.5) is 4.39 Å². The Morgan fingerprint density at radius 3 is 2.73 bits per heavy atom. The summed E-state index contributed by atoms with van der Waals surface area (Å²) in [7, 11) is 0. The first-order valence-corrected chi connectivity index (χ1v) is 3.27. The molecule has 1 nitrogen and oxygen atoms in total. The van der Waals surface area contributed by atoms with Crippen LogP contribution in [0.5, 0.6) is 5.75 Å². The minimum atomic E-state index is -0.590. The van der Waals surface area contributed by atoms with Gasteiger partial charge in [-0.25, -0.2) is 4.39 Å². The number of phenolic OH excluding ortho intramolecular Hbond substituents is 1. The average Bonchev–Trinajstić information content (AvgIpc) is 2.01. The van der Waals surface area contributed by atoms with Gasteiger partial charge in [-0.2, -0.15) is 0 Å². The predicted octanol–water partition coefficient (Wildman–Crippen LogP) is 2.48. The van der Waals surface area contributed by atoms with Crippen molar-refractivity contribution in [1.82, 2.24) is 0 Å². The van der Waals surface area contributed by atoms with Gasteiger partial charge in [0.05, 0.1) is 0 Å². The standard InChI is InChI=1S/C9H9FO/c1-3-7-4-5-8(10)9(11)6(7)2/h3-5,11H,1H2,2H3. The van der Waals surface area contributed by atoms with Gasteiger partial charge in [-0.05, 0) is 18.6 Å². The highest BCUT2D eigenvalue weighted by Gasteiger charge is 2.05. The molecule has 1 N–H and O–H groups in total. The quantitative estimate of drug-likeness (QED) is 0.655. The molecule has 1 rings (SSSR count). The summed E-state index contributed by atoms with van der Waals surface area (Å²) in [5.41, 5.74) is 1.28. The molecular weight excluding hydrogens is 143 g/mol. The molecule has 0 aliphatic heterocycles. The maximum Gasteiger partial charge on any atom is 0.165 e. The molecule has 0 bridgehead atoms. The molecule has 0 atom stereocenters. The molecule has 0 amide bonds. The summed E-state index contributed by atoms with van der Waals surface area (Å²) in [6.45, 7) is 5.18. The van der Waals surface area contributed by atoms with Crippen molar-refractivity contribution in [3.8, 4) is 5.75 Å². The minimum Gasteiger partial charge on any atom is -0.505 e. The van der Waals surface area contributed by atoms with Gasteiger partial charge in [-0.15, -0.1) is 0 Å². The zero-order valence-corrected chi connectivity index (χ0v) is 6.26. The number of hydrogen-bond acceptors (Lipinski definition) is 1. The van der Waals surface area contributed by atoms with Gasteiger partial charge in [-0.1, -0.05) is 18.7 Å². The molecule has 2 heteroatoms. The maximum absolute atomic E-state index is 12.6. The summed E-state index contributed by atoms with van der Waals surface area (Å²) in [5.74, 6) is -0.879. The summed E-state index contributed by atoms with van der Waals surface area (Å²) < 4.78 is 12.6. The van der Waals surface area contributed by atoms with Crippen molar-refractivity contribution in [2.75, 3.05) is 0 Å². The van der Waals surface area contributed by atoms with E-state index >= 15 is 0 Å². The minimum absolute atomic E-state index is 0.289. The normalized spacial score (nSPS) is 9.64. The molecule has 0 aliphatic rings. The van der Waals surface area contributed by atoms with Crippen molar-refractivity contribution in [3.63, 3.8) is 0 Å². The summed E-state index contributed by atoms with van der Waals surface area (Å²) in [4.78, 5) is 0. The maximum atomic E-state index is 12.6. The second-order valence-electron chi connectivity index (χ2n) is 2.31. The van der Waals surface area contributed by atoms with Crippen molar-refractivity contribution in [1.29, 1.82) is 0 Å². The highest BCUT2D eigenvalue weighted by atomic mass is 19.1. The summed E-state index contributed by atoms with van der Waals surface area (Å²) >= 11 is 0. The Labute approximate surface area is 64.8 Å². The van der Waals surface area contributed by atoms with Crippen LogP contribution in [0.25, 0.3) is 6.08 Å². The van der Waals surface area contributed by atoms with Gasteiger partial charge in [0.1, 0.15) is 0 Å². The largest absolute Gasteiger partial charge is 0.505 e.